The predicted molar refractivity (Wildman–Crippen MR) is 154 cm³/mol. The Hall–Kier alpha value is -3.34. The van der Waals surface area contributed by atoms with E-state index in [0.717, 1.165) is 30.8 Å². The second-order valence-electron chi connectivity index (χ2n) is 9.84. The quantitative estimate of drug-likeness (QED) is 0.291. The number of phenols is 1. The van der Waals surface area contributed by atoms with E-state index in [9.17, 15) is 19.5 Å². The summed E-state index contributed by atoms with van der Waals surface area (Å²) in [5, 5.41) is 11.0. The van der Waals surface area contributed by atoms with Crippen molar-refractivity contribution in [3.8, 4) is 11.4 Å². The topological polar surface area (TPSA) is 95.7 Å². The summed E-state index contributed by atoms with van der Waals surface area (Å²) in [6, 6.07) is 15.2. The zero-order valence-electron chi connectivity index (χ0n) is 20.9. The number of carbonyl (C=O) groups is 2. The zero-order chi connectivity index (χ0) is 27.3. The number of hydrogen-bond acceptors (Lipinski definition) is 6. The Morgan fingerprint density at radius 2 is 1.54 bits per heavy atom. The van der Waals surface area contributed by atoms with Crippen LogP contribution in [0.1, 0.15) is 51.4 Å². The van der Waals surface area contributed by atoms with Crippen LogP contribution >= 0.6 is 31.9 Å². The summed E-state index contributed by atoms with van der Waals surface area (Å²) in [5.74, 6) is -0.469. The molecule has 39 heavy (non-hydrogen) atoms. The number of carbonyl (C=O) groups excluding carboxylic acids is 2. The van der Waals surface area contributed by atoms with Crippen LogP contribution in [0.25, 0.3) is 16.6 Å². The molecule has 198 valence electrons. The highest BCUT2D eigenvalue weighted by molar-refractivity contribution is 9.11. The number of aromatic hydroxyl groups is 1. The highest BCUT2D eigenvalue weighted by atomic mass is 79.9. The molecule has 0 atom stereocenters. The number of likely N-dealkylation sites (tertiary alicyclic amines) is 1. The maximum Gasteiger partial charge on any atom is 0.266 e. The van der Waals surface area contributed by atoms with Gasteiger partial charge in [-0.3, -0.25) is 28.8 Å². The minimum absolute atomic E-state index is 0.151. The molecule has 0 spiro atoms. The summed E-state index contributed by atoms with van der Waals surface area (Å²) in [6.45, 7) is 2.27. The smallest absolute Gasteiger partial charge is 0.266 e. The summed E-state index contributed by atoms with van der Waals surface area (Å²) < 4.78 is 2.75. The number of piperidine rings is 1. The van der Waals surface area contributed by atoms with Gasteiger partial charge < -0.3 is 5.11 Å². The first-order chi connectivity index (χ1) is 18.8. The molecule has 1 N–H and O–H groups in total. The summed E-state index contributed by atoms with van der Waals surface area (Å²) in [6.07, 6.45) is 3.43. The lowest BCUT2D eigenvalue weighted by Gasteiger charge is -2.27. The van der Waals surface area contributed by atoms with Gasteiger partial charge in [-0.1, -0.05) is 34.5 Å². The van der Waals surface area contributed by atoms with E-state index in [0.29, 0.717) is 48.8 Å². The van der Waals surface area contributed by atoms with Crippen molar-refractivity contribution < 1.29 is 14.7 Å². The fraction of sp³-hybridized carbons (Fsp3) is 0.241. The maximum absolute atomic E-state index is 14.0. The van der Waals surface area contributed by atoms with Crippen LogP contribution in [0.15, 0.2) is 68.3 Å². The zero-order valence-corrected chi connectivity index (χ0v) is 24.0. The molecule has 0 saturated carbocycles. The molecular weight excluding hydrogens is 628 g/mol. The molecule has 4 aromatic rings. The minimum atomic E-state index is -0.428. The predicted octanol–water partition coefficient (Wildman–Crippen LogP) is 5.40. The second kappa shape index (κ2) is 10.3. The van der Waals surface area contributed by atoms with Crippen molar-refractivity contribution in [3.63, 3.8) is 0 Å². The van der Waals surface area contributed by atoms with Crippen molar-refractivity contribution in [1.29, 1.82) is 0 Å². The van der Waals surface area contributed by atoms with E-state index in [2.05, 4.69) is 36.8 Å². The Kier molecular flexibility index (Phi) is 6.86. The van der Waals surface area contributed by atoms with E-state index in [1.165, 1.54) is 11.0 Å². The van der Waals surface area contributed by atoms with Gasteiger partial charge in [0.2, 0.25) is 0 Å². The van der Waals surface area contributed by atoms with Gasteiger partial charge in [-0.2, -0.15) is 0 Å². The van der Waals surface area contributed by atoms with Gasteiger partial charge in [-0.15, -0.1) is 0 Å². The molecule has 0 aliphatic carbocycles. The van der Waals surface area contributed by atoms with E-state index in [1.807, 2.05) is 0 Å². The number of aromatic nitrogens is 2. The standard InChI is InChI=1S/C29H24Br2N4O4/c30-18-13-22-26(23(31)14-18)32-25(16-34-27(37)20-6-2-3-7-21(20)28(34)38)35(29(22)39)19-8-9-24(36)17(12-19)15-33-10-4-1-5-11-33/h2-3,6-9,12-14,36H,1,4-5,10-11,15-16H2. The largest absolute Gasteiger partial charge is 0.508 e. The Morgan fingerprint density at radius 1 is 0.846 bits per heavy atom. The van der Waals surface area contributed by atoms with Gasteiger partial charge in [0.05, 0.1) is 34.3 Å². The van der Waals surface area contributed by atoms with E-state index < -0.39 is 11.8 Å². The normalized spacial score (nSPS) is 15.8. The molecule has 3 heterocycles. The molecule has 0 unspecified atom stereocenters. The van der Waals surface area contributed by atoms with Crippen LogP contribution < -0.4 is 5.56 Å². The van der Waals surface area contributed by atoms with Gasteiger partial charge in [0.25, 0.3) is 17.4 Å². The number of halogens is 2. The first-order valence-electron chi connectivity index (χ1n) is 12.7. The highest BCUT2D eigenvalue weighted by Crippen LogP contribution is 2.30. The third-order valence-corrected chi connectivity index (χ3v) is 8.36. The van der Waals surface area contributed by atoms with Gasteiger partial charge >= 0.3 is 0 Å². The van der Waals surface area contributed by atoms with Gasteiger partial charge in [0, 0.05) is 21.1 Å². The summed E-state index contributed by atoms with van der Waals surface area (Å²) >= 11 is 6.96. The first kappa shape index (κ1) is 25.9. The molecule has 0 bridgehead atoms. The van der Waals surface area contributed by atoms with Crippen LogP contribution in [0, 0.1) is 0 Å². The van der Waals surface area contributed by atoms with Crippen molar-refractivity contribution in [3.05, 3.63) is 96.4 Å². The third kappa shape index (κ3) is 4.70. The third-order valence-electron chi connectivity index (χ3n) is 7.30. The lowest BCUT2D eigenvalue weighted by Crippen LogP contribution is -2.34. The molecule has 2 amide bonds. The molecule has 8 nitrogen and oxygen atoms in total. The van der Waals surface area contributed by atoms with Crippen LogP contribution in [-0.4, -0.2) is 49.4 Å². The number of phenolic OH excluding ortho intramolecular Hbond substituents is 1. The number of imide groups is 1. The number of hydrogen-bond donors (Lipinski definition) is 1. The molecule has 1 aromatic heterocycles. The SMILES string of the molecule is O=C1c2ccccc2C(=O)N1Cc1nc2c(Br)cc(Br)cc2c(=O)n1-c1ccc(O)c(CN2CCCCC2)c1. The number of amides is 2. The Morgan fingerprint density at radius 3 is 2.23 bits per heavy atom. The van der Waals surface area contributed by atoms with Crippen LogP contribution in [0.4, 0.5) is 0 Å². The van der Waals surface area contributed by atoms with Crippen molar-refractivity contribution in [1.82, 2.24) is 19.4 Å². The van der Waals surface area contributed by atoms with E-state index in [-0.39, 0.29) is 23.7 Å². The van der Waals surface area contributed by atoms with Crippen molar-refractivity contribution in [2.75, 3.05) is 13.1 Å². The monoisotopic (exact) mass is 650 g/mol. The molecule has 1 saturated heterocycles. The molecule has 1 fully saturated rings. The first-order valence-corrected chi connectivity index (χ1v) is 14.3. The summed E-state index contributed by atoms with van der Waals surface area (Å²) in [4.78, 5) is 48.6. The van der Waals surface area contributed by atoms with Gasteiger partial charge in [0.15, 0.2) is 0 Å². The number of nitrogens with zero attached hydrogens (tertiary/aromatic N) is 4. The summed E-state index contributed by atoms with van der Waals surface area (Å²) in [5.41, 5.74) is 1.94. The molecule has 3 aromatic carbocycles. The fourth-order valence-electron chi connectivity index (χ4n) is 5.35. The van der Waals surface area contributed by atoms with Crippen molar-refractivity contribution >= 4 is 54.6 Å². The Labute approximate surface area is 241 Å². The highest BCUT2D eigenvalue weighted by Gasteiger charge is 2.36. The molecule has 2 aliphatic rings. The Bertz CT molecular complexity index is 1680. The number of benzene rings is 3. The second-order valence-corrected chi connectivity index (χ2v) is 11.6. The molecule has 0 radical (unpaired) electrons. The average Bonchev–Trinajstić information content (AvgIpc) is 3.16. The lowest BCUT2D eigenvalue weighted by molar-refractivity contribution is 0.0637. The Balaban J connectivity index is 1.49. The van der Waals surface area contributed by atoms with Gasteiger partial charge in [-0.05, 0) is 84.3 Å². The van der Waals surface area contributed by atoms with Crippen LogP contribution in [-0.2, 0) is 13.1 Å². The van der Waals surface area contributed by atoms with Gasteiger partial charge in [-0.25, -0.2) is 4.98 Å². The minimum Gasteiger partial charge on any atom is -0.508 e. The molecule has 10 heteroatoms. The fourth-order valence-corrected chi connectivity index (χ4v) is 6.67. The van der Waals surface area contributed by atoms with Crippen molar-refractivity contribution in [2.24, 2.45) is 0 Å². The summed E-state index contributed by atoms with van der Waals surface area (Å²) in [7, 11) is 0. The lowest BCUT2D eigenvalue weighted by atomic mass is 10.1. The molecular formula is C29H24Br2N4O4. The molecule has 6 rings (SSSR count). The number of rotatable bonds is 5. The van der Waals surface area contributed by atoms with E-state index >= 15 is 0 Å². The number of fused-ring (bicyclic) bond motifs is 2. The van der Waals surface area contributed by atoms with Gasteiger partial charge in [0.1, 0.15) is 11.6 Å². The molecule has 2 aliphatic heterocycles. The van der Waals surface area contributed by atoms with Crippen LogP contribution in [0.3, 0.4) is 0 Å². The van der Waals surface area contributed by atoms with Crippen LogP contribution in [0.2, 0.25) is 0 Å². The van der Waals surface area contributed by atoms with Crippen molar-refractivity contribution in [2.45, 2.75) is 32.4 Å². The van der Waals surface area contributed by atoms with E-state index in [4.69, 9.17) is 4.98 Å². The van der Waals surface area contributed by atoms with E-state index in [1.54, 1.807) is 54.6 Å². The maximum atomic E-state index is 14.0. The van der Waals surface area contributed by atoms with Crippen LogP contribution in [0.5, 0.6) is 5.75 Å². The average molecular weight is 652 g/mol.